The van der Waals surface area contributed by atoms with E-state index in [1.54, 1.807) is 29.6 Å². The van der Waals surface area contributed by atoms with Gasteiger partial charge in [0.05, 0.1) is 19.3 Å². The fourth-order valence-electron chi connectivity index (χ4n) is 5.91. The topological polar surface area (TPSA) is 169 Å². The average Bonchev–Trinajstić information content (AvgIpc) is 3.06. The number of benzene rings is 1. The molecule has 1 aromatic rings. The Morgan fingerprint density at radius 1 is 0.957 bits per heavy atom. The summed E-state index contributed by atoms with van der Waals surface area (Å²) in [5, 5.41) is 31.1. The first-order valence-corrected chi connectivity index (χ1v) is 16.2. The summed E-state index contributed by atoms with van der Waals surface area (Å²) in [5.74, 6) is -12.2. The number of rotatable bonds is 15. The molecule has 0 radical (unpaired) electrons. The number of amides is 5. The number of urea groups is 1. The Hall–Kier alpha value is -3.36. The molecule has 3 atom stereocenters. The van der Waals surface area contributed by atoms with Gasteiger partial charge >= 0.3 is 12.0 Å². The molecule has 1 aromatic carbocycles. The number of carbonyl (C=O) groups excluding carboxylic acids is 4. The van der Waals surface area contributed by atoms with E-state index in [4.69, 9.17) is 4.74 Å². The van der Waals surface area contributed by atoms with Gasteiger partial charge in [0.2, 0.25) is 11.8 Å². The summed E-state index contributed by atoms with van der Waals surface area (Å²) in [6, 6.07) is 4.28. The van der Waals surface area contributed by atoms with Crippen molar-refractivity contribution >= 4 is 23.8 Å². The van der Waals surface area contributed by atoms with Gasteiger partial charge in [-0.15, -0.1) is 0 Å². The van der Waals surface area contributed by atoms with E-state index >= 15 is 8.78 Å². The molecule has 2 fully saturated rings. The molecule has 46 heavy (non-hydrogen) atoms. The van der Waals surface area contributed by atoms with E-state index in [-0.39, 0.29) is 25.2 Å². The molecule has 0 aromatic heterocycles. The standard InChI is InChI=1S/C32H49F2N5O7/c1-3-4-15-24(27(40)38-26(21-23-13-9-6-10-14-23)32(44,45)31(33,34)29(42)35-2)36-28(41)25(20-22-11-7-5-8-12-22)37-30(43)39-16-18-46-19-17-39/h5,7-8,11-12,23-26,44-45H,3-4,6,9-10,13-21H2,1-2H3,(H,35,42)(H,36,41)(H,37,43)(H,38,40)/t24-,25-,26-/m0/s1. The summed E-state index contributed by atoms with van der Waals surface area (Å²) in [6.45, 7) is 3.29. The van der Waals surface area contributed by atoms with Crippen molar-refractivity contribution in [1.82, 2.24) is 26.2 Å². The van der Waals surface area contributed by atoms with Gasteiger partial charge in [0.1, 0.15) is 12.1 Å². The van der Waals surface area contributed by atoms with E-state index in [2.05, 4.69) is 16.0 Å². The van der Waals surface area contributed by atoms with Crippen molar-refractivity contribution in [1.29, 1.82) is 0 Å². The number of unbranched alkanes of at least 4 members (excludes halogenated alkanes) is 1. The third-order valence-electron chi connectivity index (χ3n) is 8.74. The summed E-state index contributed by atoms with van der Waals surface area (Å²) in [5.41, 5.74) is 0.758. The molecule has 1 saturated heterocycles. The Bertz CT molecular complexity index is 1140. The van der Waals surface area contributed by atoms with E-state index in [0.29, 0.717) is 52.0 Å². The first-order chi connectivity index (χ1) is 21.9. The Morgan fingerprint density at radius 2 is 1.59 bits per heavy atom. The SMILES string of the molecule is CCCC[C@H](NC(=O)[C@H](Cc1ccccc1)NC(=O)N1CCOCC1)C(=O)N[C@@H](CC1CCCCC1)C(O)(O)C(F)(F)C(=O)NC. The zero-order chi connectivity index (χ0) is 33.7. The minimum atomic E-state index is -4.65. The number of hydrogen-bond donors (Lipinski definition) is 6. The predicted octanol–water partition coefficient (Wildman–Crippen LogP) is 1.83. The molecule has 6 N–H and O–H groups in total. The highest BCUT2D eigenvalue weighted by Crippen LogP contribution is 2.36. The van der Waals surface area contributed by atoms with Crippen LogP contribution in [0.2, 0.25) is 0 Å². The highest BCUT2D eigenvalue weighted by atomic mass is 19.3. The third kappa shape index (κ3) is 10.1. The quantitative estimate of drug-likeness (QED) is 0.157. The number of aliphatic hydroxyl groups is 2. The van der Waals surface area contributed by atoms with E-state index in [9.17, 15) is 29.4 Å². The highest BCUT2D eigenvalue weighted by molar-refractivity contribution is 5.92. The van der Waals surface area contributed by atoms with Crippen LogP contribution in [0.15, 0.2) is 30.3 Å². The summed E-state index contributed by atoms with van der Waals surface area (Å²) in [7, 11) is 0.945. The smallest absolute Gasteiger partial charge is 0.378 e. The lowest BCUT2D eigenvalue weighted by atomic mass is 9.81. The number of alkyl halides is 2. The lowest BCUT2D eigenvalue weighted by Crippen LogP contribution is -2.68. The molecule has 2 aliphatic rings. The van der Waals surface area contributed by atoms with E-state index in [1.807, 2.05) is 13.0 Å². The molecule has 12 nitrogen and oxygen atoms in total. The Balaban J connectivity index is 1.84. The van der Waals surface area contributed by atoms with Crippen LogP contribution in [0.3, 0.4) is 0 Å². The van der Waals surface area contributed by atoms with Crippen molar-refractivity contribution in [2.75, 3.05) is 33.4 Å². The van der Waals surface area contributed by atoms with Crippen molar-refractivity contribution in [3.63, 3.8) is 0 Å². The maximum atomic E-state index is 15.1. The highest BCUT2D eigenvalue weighted by Gasteiger charge is 2.62. The van der Waals surface area contributed by atoms with Gasteiger partial charge in [-0.25, -0.2) is 4.79 Å². The minimum Gasteiger partial charge on any atom is -0.378 e. The van der Waals surface area contributed by atoms with Gasteiger partial charge in [-0.2, -0.15) is 8.78 Å². The first kappa shape index (κ1) is 37.1. The fourth-order valence-corrected chi connectivity index (χ4v) is 5.91. The number of halogens is 2. The third-order valence-corrected chi connectivity index (χ3v) is 8.74. The summed E-state index contributed by atoms with van der Waals surface area (Å²) in [6.07, 6.45) is 5.07. The van der Waals surface area contributed by atoms with Crippen LogP contribution in [-0.4, -0.2) is 102 Å². The van der Waals surface area contributed by atoms with Crippen LogP contribution in [0.1, 0.15) is 70.3 Å². The van der Waals surface area contributed by atoms with Gasteiger partial charge in [-0.05, 0) is 24.3 Å². The lowest BCUT2D eigenvalue weighted by molar-refractivity contribution is -0.297. The first-order valence-electron chi connectivity index (χ1n) is 16.2. The normalized spacial score (nSPS) is 18.2. The van der Waals surface area contributed by atoms with Gasteiger partial charge in [0.15, 0.2) is 0 Å². The average molecular weight is 654 g/mol. The molecule has 1 heterocycles. The van der Waals surface area contributed by atoms with Gasteiger partial charge < -0.3 is 41.1 Å². The Morgan fingerprint density at radius 3 is 2.20 bits per heavy atom. The number of ether oxygens (including phenoxy) is 1. The molecule has 1 aliphatic carbocycles. The number of morpholine rings is 1. The maximum absolute atomic E-state index is 15.1. The molecule has 5 amide bonds. The molecule has 1 saturated carbocycles. The molecule has 0 bridgehead atoms. The van der Waals surface area contributed by atoms with Gasteiger partial charge in [-0.1, -0.05) is 82.2 Å². The zero-order valence-corrected chi connectivity index (χ0v) is 26.7. The number of nitrogens with zero attached hydrogens (tertiary/aromatic N) is 1. The molecule has 258 valence electrons. The van der Waals surface area contributed by atoms with Gasteiger partial charge in [0.25, 0.3) is 11.7 Å². The summed E-state index contributed by atoms with van der Waals surface area (Å²) < 4.78 is 35.4. The largest absolute Gasteiger partial charge is 0.378 e. The van der Waals surface area contributed by atoms with E-state index in [0.717, 1.165) is 31.9 Å². The number of carbonyl (C=O) groups is 4. The molecule has 0 spiro atoms. The lowest BCUT2D eigenvalue weighted by Gasteiger charge is -2.39. The zero-order valence-electron chi connectivity index (χ0n) is 26.7. The summed E-state index contributed by atoms with van der Waals surface area (Å²) >= 11 is 0. The predicted molar refractivity (Wildman–Crippen MR) is 166 cm³/mol. The second-order valence-corrected chi connectivity index (χ2v) is 12.2. The van der Waals surface area contributed by atoms with Crippen molar-refractivity contribution in [2.24, 2.45) is 5.92 Å². The van der Waals surface area contributed by atoms with Crippen LogP contribution < -0.4 is 21.3 Å². The minimum absolute atomic E-state index is 0.115. The molecule has 14 heteroatoms. The van der Waals surface area contributed by atoms with Crippen molar-refractivity contribution in [3.8, 4) is 0 Å². The molecular weight excluding hydrogens is 604 g/mol. The second-order valence-electron chi connectivity index (χ2n) is 12.2. The van der Waals surface area contributed by atoms with Crippen LogP contribution in [0, 0.1) is 5.92 Å². The monoisotopic (exact) mass is 653 g/mol. The number of nitrogens with one attached hydrogen (secondary N) is 4. The van der Waals surface area contributed by atoms with Crippen LogP contribution in [0.5, 0.6) is 0 Å². The molecule has 0 unspecified atom stereocenters. The van der Waals surface area contributed by atoms with Crippen molar-refractivity contribution < 1.29 is 42.9 Å². The maximum Gasteiger partial charge on any atom is 0.378 e. The van der Waals surface area contributed by atoms with Crippen LogP contribution in [-0.2, 0) is 25.5 Å². The van der Waals surface area contributed by atoms with Gasteiger partial charge in [-0.3, -0.25) is 14.4 Å². The molecule has 1 aliphatic heterocycles. The van der Waals surface area contributed by atoms with Crippen LogP contribution in [0.4, 0.5) is 13.6 Å². The Kier molecular flexibility index (Phi) is 14.1. The molecule has 3 rings (SSSR count). The van der Waals surface area contributed by atoms with E-state index in [1.165, 1.54) is 4.90 Å². The van der Waals surface area contributed by atoms with Crippen LogP contribution >= 0.6 is 0 Å². The molecular formula is C32H49F2N5O7. The van der Waals surface area contributed by atoms with Gasteiger partial charge in [0, 0.05) is 26.6 Å². The van der Waals surface area contributed by atoms with E-state index < -0.39 is 53.6 Å². The fraction of sp³-hybridized carbons (Fsp3) is 0.688. The van der Waals surface area contributed by atoms with Crippen LogP contribution in [0.25, 0.3) is 0 Å². The Labute approximate surface area is 269 Å². The van der Waals surface area contributed by atoms with Crippen molar-refractivity contribution in [2.45, 2.75) is 101 Å². The van der Waals surface area contributed by atoms with Crippen molar-refractivity contribution in [3.05, 3.63) is 35.9 Å². The second kappa shape index (κ2) is 17.5. The summed E-state index contributed by atoms with van der Waals surface area (Å²) in [4.78, 5) is 54.0. The number of hydrogen-bond acceptors (Lipinski definition) is 7.